The molecular formula is C14H17N2O7PS2. The summed E-state index contributed by atoms with van der Waals surface area (Å²) < 4.78 is 17.1. The van der Waals surface area contributed by atoms with Gasteiger partial charge in [0.25, 0.3) is 11.6 Å². The highest BCUT2D eigenvalue weighted by Crippen LogP contribution is 2.58. The van der Waals surface area contributed by atoms with Crippen LogP contribution in [0.1, 0.15) is 4.88 Å². The van der Waals surface area contributed by atoms with Crippen molar-refractivity contribution >= 4 is 42.5 Å². The third-order valence-corrected chi connectivity index (χ3v) is 7.44. The molecule has 1 aromatic heterocycles. The Kier molecular flexibility index (Phi) is 5.33. The Labute approximate surface area is 157 Å². The van der Waals surface area contributed by atoms with Gasteiger partial charge in [0.15, 0.2) is 0 Å². The number of aliphatic hydroxyl groups excluding tert-OH is 1. The summed E-state index contributed by atoms with van der Waals surface area (Å²) in [5.41, 5.74) is -2.11. The van der Waals surface area contributed by atoms with Crippen molar-refractivity contribution in [2.75, 3.05) is 19.5 Å². The van der Waals surface area contributed by atoms with E-state index >= 15 is 0 Å². The van der Waals surface area contributed by atoms with Gasteiger partial charge in [0, 0.05) is 17.7 Å². The minimum absolute atomic E-state index is 0.0660. The van der Waals surface area contributed by atoms with Crippen LogP contribution in [0.5, 0.6) is 0 Å². The molecule has 0 radical (unpaired) electrons. The fourth-order valence-electron chi connectivity index (χ4n) is 2.96. The summed E-state index contributed by atoms with van der Waals surface area (Å²) in [4.78, 5) is 46.0. The maximum Gasteiger partial charge on any atom is 0.372 e. The van der Waals surface area contributed by atoms with Gasteiger partial charge in [-0.1, -0.05) is 6.07 Å². The number of nitrogens with one attached hydrogen (secondary N) is 1. The summed E-state index contributed by atoms with van der Waals surface area (Å²) >= 11 is 2.56. The smallest absolute Gasteiger partial charge is 0.372 e. The largest absolute Gasteiger partial charge is 0.392 e. The van der Waals surface area contributed by atoms with Gasteiger partial charge < -0.3 is 24.9 Å². The Bertz CT molecular complexity index is 806. The summed E-state index contributed by atoms with van der Waals surface area (Å²) in [6.45, 7) is -0.575. The molecule has 1 fully saturated rings. The number of methoxy groups -OCH3 is 1. The number of hydrogen-bond donors (Lipinski definition) is 4. The van der Waals surface area contributed by atoms with Crippen molar-refractivity contribution in [3.63, 3.8) is 0 Å². The zero-order valence-corrected chi connectivity index (χ0v) is 16.1. The van der Waals surface area contributed by atoms with E-state index in [-0.39, 0.29) is 17.7 Å². The average molecular weight is 420 g/mol. The van der Waals surface area contributed by atoms with Crippen LogP contribution in [0.15, 0.2) is 28.5 Å². The summed E-state index contributed by atoms with van der Waals surface area (Å²) in [5, 5.41) is 12.9. The van der Waals surface area contributed by atoms with Gasteiger partial charge in [0.05, 0.1) is 13.0 Å². The first kappa shape index (κ1) is 19.6. The maximum absolute atomic E-state index is 12.7. The van der Waals surface area contributed by atoms with Crippen molar-refractivity contribution in [3.05, 3.63) is 33.4 Å². The third kappa shape index (κ3) is 3.13. The number of hydrogen-bond acceptors (Lipinski definition) is 7. The number of carbonyl (C=O) groups is 2. The van der Waals surface area contributed by atoms with E-state index in [2.05, 4.69) is 5.32 Å². The predicted octanol–water partition coefficient (Wildman–Crippen LogP) is 0.0462. The van der Waals surface area contributed by atoms with Gasteiger partial charge in [0.1, 0.15) is 10.8 Å². The maximum atomic E-state index is 12.7. The van der Waals surface area contributed by atoms with Crippen LogP contribution in [0.3, 0.4) is 0 Å². The lowest BCUT2D eigenvalue weighted by Crippen LogP contribution is -2.80. The molecule has 12 heteroatoms. The second-order valence-corrected chi connectivity index (χ2v) is 9.32. The topological polar surface area (TPSA) is 136 Å². The Morgan fingerprint density at radius 2 is 2.27 bits per heavy atom. The number of thioether (sulfide) groups is 1. The van der Waals surface area contributed by atoms with Crippen LogP contribution in [0.2, 0.25) is 0 Å². The molecule has 0 aromatic carbocycles. The molecule has 0 aliphatic carbocycles. The van der Waals surface area contributed by atoms with Crippen LogP contribution < -0.4 is 5.32 Å². The molecule has 1 unspecified atom stereocenters. The van der Waals surface area contributed by atoms with E-state index in [1.165, 1.54) is 18.4 Å². The van der Waals surface area contributed by atoms with Crippen LogP contribution in [-0.4, -0.2) is 62.2 Å². The standard InChI is InChI=1S/C14H17N2O7PS2/c1-23-14(15-10(18)5-9-3-2-4-25-9)12(19)16-11(24(20,21)22)8(6-17)7-26-13(14)16/h2-4,13,17H,5-7H2,1H3,(H,15,18)(H2,20,21,22)/t13-,14?/m0/s1. The molecule has 0 spiro atoms. The number of fused-ring (bicyclic) bond motifs is 1. The average Bonchev–Trinajstić information content (AvgIpc) is 3.09. The molecule has 1 aromatic rings. The molecule has 1 saturated heterocycles. The zero-order chi connectivity index (χ0) is 19.1. The molecule has 2 aliphatic rings. The minimum Gasteiger partial charge on any atom is -0.392 e. The molecule has 2 aliphatic heterocycles. The highest BCUT2D eigenvalue weighted by atomic mass is 32.2. The highest BCUT2D eigenvalue weighted by molar-refractivity contribution is 8.00. The van der Waals surface area contributed by atoms with Crippen LogP contribution in [-0.2, 0) is 25.3 Å². The lowest BCUT2D eigenvalue weighted by Gasteiger charge is -2.56. The lowest BCUT2D eigenvalue weighted by atomic mass is 10.0. The number of β-lactam (4-membered cyclic amide) rings is 1. The molecule has 26 heavy (non-hydrogen) atoms. The van der Waals surface area contributed by atoms with Gasteiger partial charge in [-0.15, -0.1) is 23.1 Å². The first-order valence-corrected chi connectivity index (χ1v) is 11.0. The summed E-state index contributed by atoms with van der Waals surface area (Å²) in [5.74, 6) is -1.10. The van der Waals surface area contributed by atoms with Gasteiger partial charge in [-0.2, -0.15) is 0 Å². The van der Waals surface area contributed by atoms with Crippen molar-refractivity contribution in [2.24, 2.45) is 0 Å². The summed E-state index contributed by atoms with van der Waals surface area (Å²) in [6, 6.07) is 3.59. The molecule has 0 bridgehead atoms. The molecule has 2 amide bonds. The Hall–Kier alpha value is -1.20. The number of thiophene rings is 1. The number of carbonyl (C=O) groups excluding carboxylic acids is 2. The molecule has 2 atom stereocenters. The van der Waals surface area contributed by atoms with Gasteiger partial charge in [-0.25, -0.2) is 0 Å². The van der Waals surface area contributed by atoms with Crippen LogP contribution >= 0.6 is 30.7 Å². The van der Waals surface area contributed by atoms with Crippen molar-refractivity contribution in [2.45, 2.75) is 17.5 Å². The first-order valence-electron chi connectivity index (χ1n) is 7.47. The quantitative estimate of drug-likeness (QED) is 0.288. The van der Waals surface area contributed by atoms with Gasteiger partial charge in [-0.3, -0.25) is 19.1 Å². The monoisotopic (exact) mass is 420 g/mol. The molecule has 9 nitrogen and oxygen atoms in total. The molecule has 3 rings (SSSR count). The van der Waals surface area contributed by atoms with E-state index in [1.54, 1.807) is 12.1 Å². The lowest BCUT2D eigenvalue weighted by molar-refractivity contribution is -0.190. The number of nitrogens with zero attached hydrogens (tertiary/aromatic N) is 1. The van der Waals surface area contributed by atoms with E-state index < -0.39 is 42.6 Å². The van der Waals surface area contributed by atoms with Crippen LogP contribution in [0, 0.1) is 0 Å². The SMILES string of the molecule is COC1(NC(=O)Cc2cccs2)C(=O)N2C(P(=O)(O)O)=C(CO)CS[C@H]21. The number of amides is 2. The van der Waals surface area contributed by atoms with Crippen molar-refractivity contribution < 1.29 is 33.8 Å². The second kappa shape index (κ2) is 7.08. The number of ether oxygens (including phenoxy) is 1. The number of rotatable bonds is 6. The number of aliphatic hydroxyl groups is 1. The van der Waals surface area contributed by atoms with Crippen molar-refractivity contribution in [1.82, 2.24) is 10.2 Å². The Balaban J connectivity index is 1.86. The Morgan fingerprint density at radius 1 is 1.54 bits per heavy atom. The van der Waals surface area contributed by atoms with Crippen molar-refractivity contribution in [1.29, 1.82) is 0 Å². The third-order valence-electron chi connectivity index (χ3n) is 4.11. The molecule has 4 N–H and O–H groups in total. The first-order chi connectivity index (χ1) is 12.2. The van der Waals surface area contributed by atoms with Crippen LogP contribution in [0.4, 0.5) is 0 Å². The molecule has 3 heterocycles. The zero-order valence-electron chi connectivity index (χ0n) is 13.6. The molecule has 0 saturated carbocycles. The van der Waals surface area contributed by atoms with E-state index in [0.29, 0.717) is 0 Å². The van der Waals surface area contributed by atoms with E-state index in [0.717, 1.165) is 21.5 Å². The van der Waals surface area contributed by atoms with Gasteiger partial charge >= 0.3 is 7.60 Å². The van der Waals surface area contributed by atoms with Crippen molar-refractivity contribution in [3.8, 4) is 0 Å². The van der Waals surface area contributed by atoms with Gasteiger partial charge in [-0.05, 0) is 17.0 Å². The Morgan fingerprint density at radius 3 is 2.81 bits per heavy atom. The summed E-state index contributed by atoms with van der Waals surface area (Å²) in [7, 11) is -3.54. The van der Waals surface area contributed by atoms with Crippen LogP contribution in [0.25, 0.3) is 0 Å². The van der Waals surface area contributed by atoms with E-state index in [1.807, 2.05) is 5.38 Å². The molecular weight excluding hydrogens is 403 g/mol. The fraction of sp³-hybridized carbons (Fsp3) is 0.429. The minimum atomic E-state index is -4.80. The normalized spacial score (nSPS) is 25.8. The van der Waals surface area contributed by atoms with E-state index in [4.69, 9.17) is 4.74 Å². The highest BCUT2D eigenvalue weighted by Gasteiger charge is 2.67. The van der Waals surface area contributed by atoms with Gasteiger partial charge in [0.2, 0.25) is 5.91 Å². The van der Waals surface area contributed by atoms with E-state index in [9.17, 15) is 29.0 Å². The molecule has 142 valence electrons. The summed E-state index contributed by atoms with van der Waals surface area (Å²) in [6.07, 6.45) is 0.0660. The predicted molar refractivity (Wildman–Crippen MR) is 95.2 cm³/mol. The second-order valence-electron chi connectivity index (χ2n) is 5.71. The fourth-order valence-corrected chi connectivity index (χ4v) is 6.33.